The number of nitrogens with zero attached hydrogens (tertiary/aromatic N) is 3. The molecule has 0 spiro atoms. The summed E-state index contributed by atoms with van der Waals surface area (Å²) in [6.07, 6.45) is 2.10. The van der Waals surface area contributed by atoms with Gasteiger partial charge in [0.1, 0.15) is 5.82 Å². The lowest BCUT2D eigenvalue weighted by molar-refractivity contribution is -0.130. The first kappa shape index (κ1) is 12.4. The van der Waals surface area contributed by atoms with Gasteiger partial charge >= 0.3 is 0 Å². The fraction of sp³-hybridized carbons (Fsp3) is 0.545. The zero-order valence-corrected chi connectivity index (χ0v) is 9.81. The first-order chi connectivity index (χ1) is 7.77. The Morgan fingerprint density at radius 3 is 2.75 bits per heavy atom. The van der Waals surface area contributed by atoms with Crippen molar-refractivity contribution in [3.05, 3.63) is 18.3 Å². The van der Waals surface area contributed by atoms with Gasteiger partial charge in [0.05, 0.1) is 0 Å². The second-order valence-corrected chi connectivity index (χ2v) is 3.35. The number of anilines is 1. The number of hydrogen-bond donors (Lipinski definition) is 1. The Morgan fingerprint density at radius 1 is 1.44 bits per heavy atom. The molecule has 0 aliphatic carbocycles. The Morgan fingerprint density at radius 2 is 2.19 bits per heavy atom. The maximum Gasteiger partial charge on any atom is 0.224 e. The number of amides is 1. The summed E-state index contributed by atoms with van der Waals surface area (Å²) < 4.78 is 0. The van der Waals surface area contributed by atoms with Gasteiger partial charge in [0, 0.05) is 32.3 Å². The first-order valence-electron chi connectivity index (χ1n) is 5.57. The van der Waals surface area contributed by atoms with Crippen molar-refractivity contribution in [1.29, 1.82) is 0 Å². The van der Waals surface area contributed by atoms with Gasteiger partial charge in [0.2, 0.25) is 5.91 Å². The molecule has 0 saturated heterocycles. The maximum atomic E-state index is 11.6. The van der Waals surface area contributed by atoms with Gasteiger partial charge in [-0.3, -0.25) is 4.79 Å². The number of aromatic nitrogens is 2. The summed E-state index contributed by atoms with van der Waals surface area (Å²) in [4.78, 5) is 13.5. The lowest BCUT2D eigenvalue weighted by Gasteiger charge is -2.18. The van der Waals surface area contributed by atoms with Gasteiger partial charge in [-0.15, -0.1) is 5.10 Å². The molecule has 0 unspecified atom stereocenters. The highest BCUT2D eigenvalue weighted by molar-refractivity contribution is 5.76. The molecule has 0 aliphatic rings. The topological polar surface area (TPSA) is 58.1 Å². The third-order valence-electron chi connectivity index (χ3n) is 2.33. The minimum atomic E-state index is 0.168. The number of rotatable bonds is 6. The molecule has 0 saturated carbocycles. The van der Waals surface area contributed by atoms with Gasteiger partial charge < -0.3 is 10.2 Å². The molecule has 0 bridgehead atoms. The lowest BCUT2D eigenvalue weighted by Crippen LogP contribution is -2.31. The molecule has 0 fully saturated rings. The second kappa shape index (κ2) is 6.76. The minimum absolute atomic E-state index is 0.168. The zero-order valence-electron chi connectivity index (χ0n) is 9.81. The standard InChI is InChI=1S/C11H18N4O/c1-3-15(4-2)11(16)7-9-12-10-6-5-8-13-14-10/h5-6,8H,3-4,7,9H2,1-2H3,(H,12,14). The molecule has 1 N–H and O–H groups in total. The molecule has 1 rings (SSSR count). The number of hydrogen-bond acceptors (Lipinski definition) is 4. The van der Waals surface area contributed by atoms with Crippen molar-refractivity contribution < 1.29 is 4.79 Å². The van der Waals surface area contributed by atoms with E-state index in [-0.39, 0.29) is 5.91 Å². The number of carbonyl (C=O) groups excluding carboxylic acids is 1. The quantitative estimate of drug-likeness (QED) is 0.784. The van der Waals surface area contributed by atoms with E-state index in [0.29, 0.717) is 18.8 Å². The fourth-order valence-electron chi connectivity index (χ4n) is 1.43. The van der Waals surface area contributed by atoms with Gasteiger partial charge in [0.25, 0.3) is 0 Å². The van der Waals surface area contributed by atoms with Crippen LogP contribution in [0.4, 0.5) is 5.82 Å². The van der Waals surface area contributed by atoms with E-state index in [1.165, 1.54) is 0 Å². The third-order valence-corrected chi connectivity index (χ3v) is 2.33. The van der Waals surface area contributed by atoms with Crippen molar-refractivity contribution in [2.75, 3.05) is 25.0 Å². The van der Waals surface area contributed by atoms with Crippen molar-refractivity contribution in [2.45, 2.75) is 20.3 Å². The maximum absolute atomic E-state index is 11.6. The van der Waals surface area contributed by atoms with Gasteiger partial charge in [0.15, 0.2) is 0 Å². The first-order valence-corrected chi connectivity index (χ1v) is 5.57. The van der Waals surface area contributed by atoms with Gasteiger partial charge in [-0.1, -0.05) is 0 Å². The third kappa shape index (κ3) is 3.84. The van der Waals surface area contributed by atoms with Crippen LogP contribution in [0.1, 0.15) is 20.3 Å². The summed E-state index contributed by atoms with van der Waals surface area (Å²) in [7, 11) is 0. The Hall–Kier alpha value is -1.65. The van der Waals surface area contributed by atoms with Crippen LogP contribution in [0.15, 0.2) is 18.3 Å². The molecule has 16 heavy (non-hydrogen) atoms. The van der Waals surface area contributed by atoms with Crippen molar-refractivity contribution in [3.63, 3.8) is 0 Å². The largest absolute Gasteiger partial charge is 0.368 e. The summed E-state index contributed by atoms with van der Waals surface area (Å²) in [5.74, 6) is 0.872. The van der Waals surface area contributed by atoms with Crippen LogP contribution in [-0.2, 0) is 4.79 Å². The molecule has 88 valence electrons. The van der Waals surface area contributed by atoms with E-state index >= 15 is 0 Å². The van der Waals surface area contributed by atoms with E-state index in [2.05, 4.69) is 15.5 Å². The van der Waals surface area contributed by atoms with Gasteiger partial charge in [-0.2, -0.15) is 5.10 Å². The van der Waals surface area contributed by atoms with Gasteiger partial charge in [-0.05, 0) is 26.0 Å². The van der Waals surface area contributed by atoms with Crippen molar-refractivity contribution >= 4 is 11.7 Å². The van der Waals surface area contributed by atoms with Crippen LogP contribution in [0.3, 0.4) is 0 Å². The molecule has 0 aliphatic heterocycles. The normalized spacial score (nSPS) is 9.88. The van der Waals surface area contributed by atoms with Gasteiger partial charge in [-0.25, -0.2) is 0 Å². The average Bonchev–Trinajstić information content (AvgIpc) is 2.32. The fourth-order valence-corrected chi connectivity index (χ4v) is 1.43. The van der Waals surface area contributed by atoms with Crippen LogP contribution in [0, 0.1) is 0 Å². The Kier molecular flexibility index (Phi) is 5.25. The molecule has 0 atom stereocenters. The van der Waals surface area contributed by atoms with Crippen LogP contribution in [0.5, 0.6) is 0 Å². The highest BCUT2D eigenvalue weighted by atomic mass is 16.2. The van der Waals surface area contributed by atoms with E-state index in [4.69, 9.17) is 0 Å². The monoisotopic (exact) mass is 222 g/mol. The summed E-state index contributed by atoms with van der Waals surface area (Å²) in [6.45, 7) is 6.09. The molecular weight excluding hydrogens is 204 g/mol. The van der Waals surface area contributed by atoms with Crippen LogP contribution >= 0.6 is 0 Å². The summed E-state index contributed by atoms with van der Waals surface area (Å²) >= 11 is 0. The van der Waals surface area contributed by atoms with E-state index in [1.807, 2.05) is 30.9 Å². The summed E-state index contributed by atoms with van der Waals surface area (Å²) in [5, 5.41) is 10.7. The smallest absolute Gasteiger partial charge is 0.224 e. The summed E-state index contributed by atoms with van der Waals surface area (Å²) in [5.41, 5.74) is 0. The van der Waals surface area contributed by atoms with Crippen molar-refractivity contribution in [1.82, 2.24) is 15.1 Å². The SMILES string of the molecule is CCN(CC)C(=O)CCNc1cccnn1. The van der Waals surface area contributed by atoms with Crippen LogP contribution < -0.4 is 5.32 Å². The van der Waals surface area contributed by atoms with Crippen LogP contribution in [0.25, 0.3) is 0 Å². The Labute approximate surface area is 95.9 Å². The predicted octanol–water partition coefficient (Wildman–Crippen LogP) is 1.15. The Balaban J connectivity index is 2.28. The second-order valence-electron chi connectivity index (χ2n) is 3.35. The number of carbonyl (C=O) groups is 1. The molecule has 1 aromatic heterocycles. The molecule has 0 aromatic carbocycles. The predicted molar refractivity (Wildman–Crippen MR) is 63.1 cm³/mol. The summed E-state index contributed by atoms with van der Waals surface area (Å²) in [6, 6.07) is 3.64. The average molecular weight is 222 g/mol. The highest BCUT2D eigenvalue weighted by Gasteiger charge is 2.08. The van der Waals surface area contributed by atoms with Crippen LogP contribution in [0.2, 0.25) is 0 Å². The Bertz CT molecular complexity index is 311. The molecule has 0 radical (unpaired) electrons. The highest BCUT2D eigenvalue weighted by Crippen LogP contribution is 1.99. The van der Waals surface area contributed by atoms with E-state index in [1.54, 1.807) is 6.20 Å². The van der Waals surface area contributed by atoms with E-state index < -0.39 is 0 Å². The van der Waals surface area contributed by atoms with Crippen molar-refractivity contribution in [2.24, 2.45) is 0 Å². The van der Waals surface area contributed by atoms with Crippen molar-refractivity contribution in [3.8, 4) is 0 Å². The molecule has 5 nitrogen and oxygen atoms in total. The zero-order chi connectivity index (χ0) is 11.8. The molecule has 5 heteroatoms. The molecule has 1 amide bonds. The minimum Gasteiger partial charge on any atom is -0.368 e. The van der Waals surface area contributed by atoms with E-state index in [9.17, 15) is 4.79 Å². The molecule has 1 heterocycles. The van der Waals surface area contributed by atoms with E-state index in [0.717, 1.165) is 13.1 Å². The molecule has 1 aromatic rings. The van der Waals surface area contributed by atoms with Crippen LogP contribution in [-0.4, -0.2) is 40.6 Å². The number of nitrogens with one attached hydrogen (secondary N) is 1. The lowest BCUT2D eigenvalue weighted by atomic mass is 10.3. The molecular formula is C11H18N4O.